The first-order chi connectivity index (χ1) is 12.5. The number of carbonyl (C=O) groups excluding carboxylic acids is 1. The highest BCUT2D eigenvalue weighted by molar-refractivity contribution is 14.0. The standard InChI is InChI=1S/C19H27N5OS.HI/c1-13-5-7-16(8-6-13)14(2)11-23-19(20-4)22-10-9-21-18(25)17-15(3)24-12-26-17;/h5-8,12,14H,9-11H2,1-4H3,(H,21,25)(H2,20,22,23);1H. The van der Waals surface area contributed by atoms with E-state index in [1.807, 2.05) is 6.92 Å². The second-order valence-corrected chi connectivity index (χ2v) is 7.07. The minimum atomic E-state index is -0.0808. The van der Waals surface area contributed by atoms with Gasteiger partial charge < -0.3 is 16.0 Å². The SMILES string of the molecule is CN=C(NCCNC(=O)c1scnc1C)NCC(C)c1ccc(C)cc1.I. The van der Waals surface area contributed by atoms with Crippen LogP contribution in [0, 0.1) is 13.8 Å². The Morgan fingerprint density at radius 3 is 2.41 bits per heavy atom. The highest BCUT2D eigenvalue weighted by Crippen LogP contribution is 2.14. The van der Waals surface area contributed by atoms with E-state index in [2.05, 4.69) is 64.0 Å². The number of amides is 1. The van der Waals surface area contributed by atoms with E-state index >= 15 is 0 Å². The van der Waals surface area contributed by atoms with Crippen LogP contribution in [0.2, 0.25) is 0 Å². The van der Waals surface area contributed by atoms with E-state index in [4.69, 9.17) is 0 Å². The van der Waals surface area contributed by atoms with Gasteiger partial charge in [0.25, 0.3) is 5.91 Å². The number of aryl methyl sites for hydroxylation is 2. The van der Waals surface area contributed by atoms with Gasteiger partial charge in [0.05, 0.1) is 11.2 Å². The van der Waals surface area contributed by atoms with Crippen molar-refractivity contribution in [2.24, 2.45) is 4.99 Å². The monoisotopic (exact) mass is 501 g/mol. The van der Waals surface area contributed by atoms with Crippen LogP contribution in [0.3, 0.4) is 0 Å². The lowest BCUT2D eigenvalue weighted by Crippen LogP contribution is -2.42. The third-order valence-electron chi connectivity index (χ3n) is 4.10. The summed E-state index contributed by atoms with van der Waals surface area (Å²) in [5.41, 5.74) is 5.01. The Labute approximate surface area is 182 Å². The van der Waals surface area contributed by atoms with Crippen molar-refractivity contribution in [2.75, 3.05) is 26.7 Å². The molecule has 0 aliphatic rings. The van der Waals surface area contributed by atoms with Gasteiger partial charge in [-0.3, -0.25) is 9.79 Å². The third kappa shape index (κ3) is 7.45. The molecule has 1 aromatic heterocycles. The van der Waals surface area contributed by atoms with E-state index in [1.165, 1.54) is 22.5 Å². The highest BCUT2D eigenvalue weighted by Gasteiger charge is 2.11. The summed E-state index contributed by atoms with van der Waals surface area (Å²) in [5, 5.41) is 9.43. The summed E-state index contributed by atoms with van der Waals surface area (Å²) in [6.07, 6.45) is 0. The number of hydrogen-bond acceptors (Lipinski definition) is 4. The molecule has 8 heteroatoms. The number of aliphatic imine (C=N–C) groups is 1. The number of aromatic nitrogens is 1. The van der Waals surface area contributed by atoms with Crippen LogP contribution in [0.15, 0.2) is 34.8 Å². The van der Waals surface area contributed by atoms with E-state index in [1.54, 1.807) is 12.6 Å². The lowest BCUT2D eigenvalue weighted by Gasteiger charge is -2.16. The van der Waals surface area contributed by atoms with E-state index in [9.17, 15) is 4.79 Å². The summed E-state index contributed by atoms with van der Waals surface area (Å²) in [7, 11) is 1.74. The van der Waals surface area contributed by atoms with Gasteiger partial charge in [-0.05, 0) is 25.3 Å². The number of guanidine groups is 1. The topological polar surface area (TPSA) is 78.4 Å². The molecular weight excluding hydrogens is 473 g/mol. The molecule has 0 bridgehead atoms. The molecule has 1 heterocycles. The zero-order valence-corrected chi connectivity index (χ0v) is 19.4. The summed E-state index contributed by atoms with van der Waals surface area (Å²) in [5.74, 6) is 1.03. The Balaban J connectivity index is 0.00000364. The lowest BCUT2D eigenvalue weighted by atomic mass is 10.0. The lowest BCUT2D eigenvalue weighted by molar-refractivity contribution is 0.0957. The van der Waals surface area contributed by atoms with Gasteiger partial charge >= 0.3 is 0 Å². The molecule has 3 N–H and O–H groups in total. The van der Waals surface area contributed by atoms with Crippen LogP contribution >= 0.6 is 35.3 Å². The fourth-order valence-corrected chi connectivity index (χ4v) is 3.16. The van der Waals surface area contributed by atoms with Crippen LogP contribution < -0.4 is 16.0 Å². The van der Waals surface area contributed by atoms with Crippen LogP contribution in [0.4, 0.5) is 0 Å². The number of benzene rings is 1. The van der Waals surface area contributed by atoms with Crippen molar-refractivity contribution in [1.29, 1.82) is 0 Å². The number of nitrogens with one attached hydrogen (secondary N) is 3. The smallest absolute Gasteiger partial charge is 0.263 e. The molecule has 2 rings (SSSR count). The molecule has 148 valence electrons. The largest absolute Gasteiger partial charge is 0.356 e. The summed E-state index contributed by atoms with van der Waals surface area (Å²) in [4.78, 5) is 21.0. The normalized spacial score (nSPS) is 12.1. The Hall–Kier alpha value is -1.68. The molecule has 0 aliphatic carbocycles. The molecule has 0 spiro atoms. The summed E-state index contributed by atoms with van der Waals surface area (Å²) < 4.78 is 0. The second-order valence-electron chi connectivity index (χ2n) is 6.21. The number of rotatable bonds is 7. The molecule has 2 aromatic rings. The summed E-state index contributed by atoms with van der Waals surface area (Å²) in [6, 6.07) is 8.59. The second kappa shape index (κ2) is 11.9. The average Bonchev–Trinajstić information content (AvgIpc) is 3.07. The molecule has 1 unspecified atom stereocenters. The van der Waals surface area contributed by atoms with Crippen molar-refractivity contribution in [1.82, 2.24) is 20.9 Å². The maximum Gasteiger partial charge on any atom is 0.263 e. The van der Waals surface area contributed by atoms with Crippen molar-refractivity contribution in [3.8, 4) is 0 Å². The van der Waals surface area contributed by atoms with Gasteiger partial charge in [-0.25, -0.2) is 4.98 Å². The fraction of sp³-hybridized carbons (Fsp3) is 0.421. The van der Waals surface area contributed by atoms with Crippen molar-refractivity contribution in [3.05, 3.63) is 51.5 Å². The average molecular weight is 501 g/mol. The zero-order valence-electron chi connectivity index (χ0n) is 16.2. The first-order valence-electron chi connectivity index (χ1n) is 8.70. The zero-order chi connectivity index (χ0) is 18.9. The van der Waals surface area contributed by atoms with Gasteiger partial charge in [-0.15, -0.1) is 35.3 Å². The Bertz CT molecular complexity index is 745. The maximum atomic E-state index is 12.0. The molecule has 0 radical (unpaired) electrons. The van der Waals surface area contributed by atoms with Gasteiger partial charge in [0.15, 0.2) is 5.96 Å². The number of carbonyl (C=O) groups is 1. The number of nitrogens with zero attached hydrogens (tertiary/aromatic N) is 2. The van der Waals surface area contributed by atoms with E-state index in [0.29, 0.717) is 23.9 Å². The van der Waals surface area contributed by atoms with Gasteiger partial charge in [0.2, 0.25) is 0 Å². The van der Waals surface area contributed by atoms with Gasteiger partial charge in [0.1, 0.15) is 4.88 Å². The van der Waals surface area contributed by atoms with Crippen LogP contribution in [0.1, 0.15) is 39.3 Å². The minimum absolute atomic E-state index is 0. The molecule has 0 saturated heterocycles. The number of hydrogen-bond donors (Lipinski definition) is 3. The predicted molar refractivity (Wildman–Crippen MR) is 124 cm³/mol. The van der Waals surface area contributed by atoms with Crippen LogP contribution in [0.25, 0.3) is 0 Å². The number of halogens is 1. The van der Waals surface area contributed by atoms with Crippen molar-refractivity contribution >= 4 is 47.2 Å². The van der Waals surface area contributed by atoms with Crippen LogP contribution in [-0.2, 0) is 0 Å². The first-order valence-corrected chi connectivity index (χ1v) is 9.58. The van der Waals surface area contributed by atoms with Crippen molar-refractivity contribution < 1.29 is 4.79 Å². The predicted octanol–water partition coefficient (Wildman–Crippen LogP) is 3.08. The minimum Gasteiger partial charge on any atom is -0.356 e. The van der Waals surface area contributed by atoms with E-state index in [0.717, 1.165) is 18.2 Å². The van der Waals surface area contributed by atoms with Crippen molar-refractivity contribution in [2.45, 2.75) is 26.7 Å². The van der Waals surface area contributed by atoms with Crippen LogP contribution in [-0.4, -0.2) is 43.5 Å². The van der Waals surface area contributed by atoms with Gasteiger partial charge in [-0.1, -0.05) is 36.8 Å². The summed E-state index contributed by atoms with van der Waals surface area (Å²) >= 11 is 1.36. The van der Waals surface area contributed by atoms with Gasteiger partial charge in [0, 0.05) is 26.7 Å². The molecule has 1 aromatic carbocycles. The molecule has 0 fully saturated rings. The molecule has 0 aliphatic heterocycles. The van der Waals surface area contributed by atoms with E-state index < -0.39 is 0 Å². The highest BCUT2D eigenvalue weighted by atomic mass is 127. The maximum absolute atomic E-state index is 12.0. The quantitative estimate of drug-likeness (QED) is 0.236. The first kappa shape index (κ1) is 23.4. The Morgan fingerprint density at radius 1 is 1.15 bits per heavy atom. The fourth-order valence-electron chi connectivity index (χ4n) is 2.44. The Morgan fingerprint density at radius 2 is 1.81 bits per heavy atom. The van der Waals surface area contributed by atoms with Gasteiger partial charge in [-0.2, -0.15) is 0 Å². The Kier molecular flexibility index (Phi) is 10.3. The van der Waals surface area contributed by atoms with Crippen molar-refractivity contribution in [3.63, 3.8) is 0 Å². The molecular formula is C19H28IN5OS. The van der Waals surface area contributed by atoms with E-state index in [-0.39, 0.29) is 29.9 Å². The number of thiazole rings is 1. The van der Waals surface area contributed by atoms with Crippen LogP contribution in [0.5, 0.6) is 0 Å². The molecule has 6 nitrogen and oxygen atoms in total. The molecule has 27 heavy (non-hydrogen) atoms. The third-order valence-corrected chi connectivity index (χ3v) is 5.03. The molecule has 1 amide bonds. The molecule has 0 saturated carbocycles. The summed E-state index contributed by atoms with van der Waals surface area (Å²) in [6.45, 7) is 8.02. The molecule has 1 atom stereocenters.